The van der Waals surface area contributed by atoms with Crippen LogP contribution in [0.5, 0.6) is 0 Å². The maximum atomic E-state index is 2.69. The molecule has 0 bridgehead atoms. The van der Waals surface area contributed by atoms with E-state index in [4.69, 9.17) is 0 Å². The molecule has 0 N–H and O–H groups in total. The summed E-state index contributed by atoms with van der Waals surface area (Å²) < 4.78 is 0. The zero-order chi connectivity index (χ0) is 22.7. The van der Waals surface area contributed by atoms with Crippen LogP contribution in [0.4, 0.5) is 0 Å². The van der Waals surface area contributed by atoms with Crippen LogP contribution in [0.2, 0.25) is 0 Å². The van der Waals surface area contributed by atoms with Gasteiger partial charge in [-0.1, -0.05) is 84.9 Å². The molecule has 2 aliphatic heterocycles. The Morgan fingerprint density at radius 3 is 1.29 bits per heavy atom. The SMILES string of the molecule is Cl.c1ccc2c(CN3CCC(C4CCN(Cc5cccc6ccccc56)CC4)CC3)cccc2c1. The number of likely N-dealkylation sites (tertiary alicyclic amines) is 2. The van der Waals surface area contributed by atoms with Crippen molar-refractivity contribution in [1.29, 1.82) is 0 Å². The number of piperidine rings is 2. The van der Waals surface area contributed by atoms with Gasteiger partial charge >= 0.3 is 0 Å². The van der Waals surface area contributed by atoms with Gasteiger partial charge in [-0.25, -0.2) is 0 Å². The third kappa shape index (κ3) is 5.40. The minimum absolute atomic E-state index is 0. The average molecular weight is 485 g/mol. The van der Waals surface area contributed by atoms with Crippen molar-refractivity contribution in [2.75, 3.05) is 26.2 Å². The van der Waals surface area contributed by atoms with Gasteiger partial charge in [-0.3, -0.25) is 9.80 Å². The summed E-state index contributed by atoms with van der Waals surface area (Å²) in [6.07, 6.45) is 5.50. The van der Waals surface area contributed by atoms with Crippen LogP contribution < -0.4 is 0 Å². The Kier molecular flexibility index (Phi) is 7.72. The van der Waals surface area contributed by atoms with Crippen LogP contribution in [-0.2, 0) is 13.1 Å². The highest BCUT2D eigenvalue weighted by molar-refractivity contribution is 5.86. The van der Waals surface area contributed by atoms with Crippen molar-refractivity contribution >= 4 is 34.0 Å². The molecule has 2 saturated heterocycles. The summed E-state index contributed by atoms with van der Waals surface area (Å²) in [6.45, 7) is 7.21. The molecule has 182 valence electrons. The van der Waals surface area contributed by atoms with E-state index in [0.29, 0.717) is 0 Å². The fraction of sp³-hybridized carbons (Fsp3) is 0.375. The maximum Gasteiger partial charge on any atom is 0.0239 e. The Bertz CT molecular complexity index is 1140. The van der Waals surface area contributed by atoms with Gasteiger partial charge in [0.1, 0.15) is 0 Å². The highest BCUT2D eigenvalue weighted by Crippen LogP contribution is 2.34. The van der Waals surface area contributed by atoms with Gasteiger partial charge in [0.25, 0.3) is 0 Å². The van der Waals surface area contributed by atoms with Gasteiger partial charge < -0.3 is 0 Å². The van der Waals surface area contributed by atoms with E-state index < -0.39 is 0 Å². The Morgan fingerprint density at radius 1 is 0.486 bits per heavy atom. The summed E-state index contributed by atoms with van der Waals surface area (Å²) in [6, 6.07) is 31.2. The van der Waals surface area contributed by atoms with E-state index in [1.54, 1.807) is 0 Å². The zero-order valence-electron chi connectivity index (χ0n) is 20.6. The van der Waals surface area contributed by atoms with Crippen LogP contribution in [0, 0.1) is 11.8 Å². The Morgan fingerprint density at radius 2 is 0.857 bits per heavy atom. The molecule has 2 heterocycles. The highest BCUT2D eigenvalue weighted by atomic mass is 35.5. The third-order valence-corrected chi connectivity index (χ3v) is 8.48. The van der Waals surface area contributed by atoms with Crippen molar-refractivity contribution < 1.29 is 0 Å². The quantitative estimate of drug-likeness (QED) is 0.288. The summed E-state index contributed by atoms with van der Waals surface area (Å²) >= 11 is 0. The maximum absolute atomic E-state index is 2.69. The lowest BCUT2D eigenvalue weighted by atomic mass is 9.78. The van der Waals surface area contributed by atoms with E-state index in [0.717, 1.165) is 24.9 Å². The minimum Gasteiger partial charge on any atom is -0.299 e. The van der Waals surface area contributed by atoms with Gasteiger partial charge in [-0.15, -0.1) is 12.4 Å². The van der Waals surface area contributed by atoms with Gasteiger partial charge in [0.2, 0.25) is 0 Å². The molecule has 4 aromatic rings. The van der Waals surface area contributed by atoms with E-state index in [-0.39, 0.29) is 12.4 Å². The fourth-order valence-corrected chi connectivity index (χ4v) is 6.51. The molecule has 0 spiro atoms. The molecular weight excluding hydrogens is 448 g/mol. The van der Waals surface area contributed by atoms with Crippen molar-refractivity contribution in [3.8, 4) is 0 Å². The monoisotopic (exact) mass is 484 g/mol. The second-order valence-electron chi connectivity index (χ2n) is 10.5. The second kappa shape index (κ2) is 11.1. The number of halogens is 1. The summed E-state index contributed by atoms with van der Waals surface area (Å²) in [4.78, 5) is 5.38. The number of fused-ring (bicyclic) bond motifs is 2. The van der Waals surface area contributed by atoms with Crippen LogP contribution >= 0.6 is 12.4 Å². The van der Waals surface area contributed by atoms with Crippen molar-refractivity contribution in [3.05, 3.63) is 96.1 Å². The topological polar surface area (TPSA) is 6.48 Å². The van der Waals surface area contributed by atoms with Gasteiger partial charge in [0.05, 0.1) is 0 Å². The summed E-state index contributed by atoms with van der Waals surface area (Å²) in [7, 11) is 0. The molecule has 0 aromatic heterocycles. The zero-order valence-corrected chi connectivity index (χ0v) is 21.4. The Hall–Kier alpha value is -2.39. The third-order valence-electron chi connectivity index (χ3n) is 8.48. The standard InChI is InChI=1S/C32H36N2.ClH/c1-3-13-31-27(7-1)9-5-11-29(31)23-33-19-15-25(16-20-33)26-17-21-34(22-18-26)24-30-12-6-10-28-8-2-4-14-32(28)30;/h1-14,25-26H,15-24H2;1H. The van der Waals surface area contributed by atoms with E-state index in [2.05, 4.69) is 94.7 Å². The van der Waals surface area contributed by atoms with Crippen LogP contribution in [0.1, 0.15) is 36.8 Å². The fourth-order valence-electron chi connectivity index (χ4n) is 6.51. The molecule has 0 aliphatic carbocycles. The van der Waals surface area contributed by atoms with Crippen molar-refractivity contribution in [2.24, 2.45) is 11.8 Å². The van der Waals surface area contributed by atoms with E-state index in [1.165, 1.54) is 84.5 Å². The first-order valence-corrected chi connectivity index (χ1v) is 13.2. The molecular formula is C32H37ClN2. The number of hydrogen-bond donors (Lipinski definition) is 0. The van der Waals surface area contributed by atoms with Gasteiger partial charge in [-0.05, 0) is 96.4 Å². The van der Waals surface area contributed by atoms with Crippen LogP contribution in [0.15, 0.2) is 84.9 Å². The second-order valence-corrected chi connectivity index (χ2v) is 10.5. The lowest BCUT2D eigenvalue weighted by Gasteiger charge is -2.40. The lowest BCUT2D eigenvalue weighted by molar-refractivity contribution is 0.0913. The summed E-state index contributed by atoms with van der Waals surface area (Å²) in [5.74, 6) is 1.84. The van der Waals surface area contributed by atoms with Crippen LogP contribution in [0.25, 0.3) is 21.5 Å². The molecule has 0 atom stereocenters. The number of rotatable bonds is 5. The normalized spacial score (nSPS) is 18.6. The first kappa shape index (κ1) is 24.3. The van der Waals surface area contributed by atoms with Gasteiger partial charge in [0.15, 0.2) is 0 Å². The van der Waals surface area contributed by atoms with Crippen LogP contribution in [-0.4, -0.2) is 36.0 Å². The lowest BCUT2D eigenvalue weighted by Crippen LogP contribution is -2.40. The molecule has 0 radical (unpaired) electrons. The highest BCUT2D eigenvalue weighted by Gasteiger charge is 2.29. The van der Waals surface area contributed by atoms with E-state index in [9.17, 15) is 0 Å². The van der Waals surface area contributed by atoms with E-state index in [1.807, 2.05) is 0 Å². The van der Waals surface area contributed by atoms with Crippen LogP contribution in [0.3, 0.4) is 0 Å². The Labute approximate surface area is 216 Å². The molecule has 0 unspecified atom stereocenters. The molecule has 0 saturated carbocycles. The smallest absolute Gasteiger partial charge is 0.0239 e. The average Bonchev–Trinajstić information content (AvgIpc) is 2.90. The number of nitrogens with zero attached hydrogens (tertiary/aromatic N) is 2. The van der Waals surface area contributed by atoms with Crippen molar-refractivity contribution in [3.63, 3.8) is 0 Å². The predicted molar refractivity (Wildman–Crippen MR) is 151 cm³/mol. The van der Waals surface area contributed by atoms with Gasteiger partial charge in [0, 0.05) is 13.1 Å². The molecule has 2 nitrogen and oxygen atoms in total. The molecule has 6 rings (SSSR count). The first-order valence-electron chi connectivity index (χ1n) is 13.2. The minimum atomic E-state index is 0. The molecule has 2 fully saturated rings. The summed E-state index contributed by atoms with van der Waals surface area (Å²) in [5, 5.41) is 5.58. The van der Waals surface area contributed by atoms with Gasteiger partial charge in [-0.2, -0.15) is 0 Å². The number of hydrogen-bond acceptors (Lipinski definition) is 2. The summed E-state index contributed by atoms with van der Waals surface area (Å²) in [5.41, 5.74) is 2.97. The molecule has 4 aromatic carbocycles. The van der Waals surface area contributed by atoms with Crippen molar-refractivity contribution in [1.82, 2.24) is 9.80 Å². The van der Waals surface area contributed by atoms with E-state index >= 15 is 0 Å². The predicted octanol–water partition coefficient (Wildman–Crippen LogP) is 7.54. The molecule has 3 heteroatoms. The molecule has 2 aliphatic rings. The molecule has 0 amide bonds. The van der Waals surface area contributed by atoms with Crippen molar-refractivity contribution in [2.45, 2.75) is 38.8 Å². The first-order chi connectivity index (χ1) is 16.8. The Balaban J connectivity index is 0.00000253. The number of benzene rings is 4. The largest absolute Gasteiger partial charge is 0.299 e. The molecule has 35 heavy (non-hydrogen) atoms.